The SMILES string of the molecule is COc1cc(N2CCN(CCCC3CCN(c4cccc5c4C(=O)N(C4CCC(=O)NC4=O)C5=O)CC3)CC2)c(-c2cnn(C)c2)cc1Nc1ncc(Br)c(Nc2ccc3ccccc3c2P(C)C)n1. The number of halogens is 1. The number of ether oxygens (including phenoxy) is 1. The number of carbonyl (C=O) groups excluding carboxylic acids is 4. The van der Waals surface area contributed by atoms with Gasteiger partial charge in [0.1, 0.15) is 17.6 Å². The fourth-order valence-electron chi connectivity index (χ4n) is 10.5. The van der Waals surface area contributed by atoms with E-state index in [1.807, 2.05) is 36.3 Å². The Kier molecular flexibility index (Phi) is 13.6. The van der Waals surface area contributed by atoms with E-state index in [-0.39, 0.29) is 18.7 Å². The first kappa shape index (κ1) is 47.3. The number of anilines is 6. The number of amides is 4. The molecular weight excluding hydrogens is 970 g/mol. The molecule has 0 radical (unpaired) electrons. The highest BCUT2D eigenvalue weighted by Gasteiger charge is 2.46. The highest BCUT2D eigenvalue weighted by atomic mass is 79.9. The monoisotopic (exact) mass is 1030 g/mol. The number of benzene rings is 4. The second-order valence-corrected chi connectivity index (χ2v) is 21.8. The van der Waals surface area contributed by atoms with Crippen LogP contribution in [0, 0.1) is 5.92 Å². The van der Waals surface area contributed by atoms with E-state index >= 15 is 0 Å². The molecule has 4 aromatic carbocycles. The van der Waals surface area contributed by atoms with Gasteiger partial charge in [-0.3, -0.25) is 39.0 Å². The van der Waals surface area contributed by atoms with Crippen LogP contribution in [0.5, 0.6) is 5.75 Å². The number of hydrogen-bond donors (Lipinski definition) is 3. The normalized spacial score (nSPS) is 18.0. The molecule has 0 bridgehead atoms. The molecule has 4 aliphatic rings. The Morgan fingerprint density at radius 3 is 2.36 bits per heavy atom. The Morgan fingerprint density at radius 2 is 1.61 bits per heavy atom. The van der Waals surface area contributed by atoms with Crippen LogP contribution in [-0.4, -0.2) is 125 Å². The molecule has 2 aromatic heterocycles. The Hall–Kier alpha value is -6.42. The first-order valence-corrected chi connectivity index (χ1v) is 27.0. The van der Waals surface area contributed by atoms with Gasteiger partial charge < -0.3 is 25.2 Å². The van der Waals surface area contributed by atoms with Crippen molar-refractivity contribution in [2.75, 3.05) is 86.7 Å². The molecule has 0 aliphatic carbocycles. The minimum Gasteiger partial charge on any atom is -0.494 e. The predicted octanol–water partition coefficient (Wildman–Crippen LogP) is 7.88. The highest BCUT2D eigenvalue weighted by molar-refractivity contribution is 9.10. The predicted molar refractivity (Wildman–Crippen MR) is 280 cm³/mol. The maximum Gasteiger partial charge on any atom is 0.264 e. The number of nitrogens with one attached hydrogen (secondary N) is 3. The fourth-order valence-corrected chi connectivity index (χ4v) is 12.1. The van der Waals surface area contributed by atoms with Crippen molar-refractivity contribution in [3.8, 4) is 16.9 Å². The molecule has 3 fully saturated rings. The summed E-state index contributed by atoms with van der Waals surface area (Å²) in [4.78, 5) is 69.4. The zero-order valence-corrected chi connectivity index (χ0v) is 42.4. The van der Waals surface area contributed by atoms with Gasteiger partial charge >= 0.3 is 0 Å². The quantitative estimate of drug-likeness (QED) is 0.0713. The number of nitrogens with zero attached hydrogens (tertiary/aromatic N) is 8. The molecule has 0 saturated carbocycles. The zero-order valence-electron chi connectivity index (χ0n) is 39.9. The molecule has 1 unspecified atom stereocenters. The van der Waals surface area contributed by atoms with Gasteiger partial charge in [-0.25, -0.2) is 4.98 Å². The van der Waals surface area contributed by atoms with E-state index in [0.29, 0.717) is 34.6 Å². The standard InChI is InChI=1S/C52H57BrN11O5P/c1-60-31-34(29-55-60)37-27-40(57-52-54-30-38(53)48(59-52)56-39-15-14-33-10-5-6-11-35(33)47(39)70(3)4)44(69-2)28-43(37)63-25-23-61(24-26-63)20-8-9-32-18-21-62(22-19-32)41-13-7-12-36-46(41)51(68)64(50(36)67)42-16-17-45(65)58-49(42)66/h5-7,10-15,27-32,42H,8-9,16-26H2,1-4H3,(H,58,65,66)(H2,54,56,57,59). The number of aryl methyl sites for hydroxylation is 1. The number of methoxy groups -OCH3 is 1. The molecule has 3 N–H and O–H groups in total. The lowest BCUT2D eigenvalue weighted by molar-refractivity contribution is -0.136. The second-order valence-electron chi connectivity index (χ2n) is 18.7. The summed E-state index contributed by atoms with van der Waals surface area (Å²) in [5.74, 6) is 0.429. The van der Waals surface area contributed by atoms with Crippen LogP contribution in [0.15, 0.2) is 89.8 Å². The third kappa shape index (κ3) is 9.46. The minimum atomic E-state index is -0.979. The van der Waals surface area contributed by atoms with E-state index in [2.05, 4.69) is 119 Å². The van der Waals surface area contributed by atoms with E-state index in [0.717, 1.165) is 115 Å². The molecule has 4 amide bonds. The number of aromatic nitrogens is 4. The number of piperidine rings is 2. The number of carbonyl (C=O) groups is 4. The molecule has 0 spiro atoms. The number of piperazine rings is 1. The van der Waals surface area contributed by atoms with Gasteiger partial charge in [-0.05, 0) is 109 Å². The van der Waals surface area contributed by atoms with Crippen LogP contribution in [0.1, 0.15) is 59.2 Å². The van der Waals surface area contributed by atoms with E-state index < -0.39 is 31.7 Å². The fraction of sp³-hybridized carbons (Fsp3) is 0.365. The van der Waals surface area contributed by atoms with Gasteiger partial charge in [0.25, 0.3) is 11.8 Å². The Bertz CT molecular complexity index is 3000. The van der Waals surface area contributed by atoms with E-state index in [9.17, 15) is 19.2 Å². The molecule has 10 rings (SSSR count). The van der Waals surface area contributed by atoms with Gasteiger partial charge in [0.15, 0.2) is 0 Å². The van der Waals surface area contributed by atoms with Gasteiger partial charge in [-0.2, -0.15) is 10.1 Å². The minimum absolute atomic E-state index is 0.0936. The molecule has 16 nitrogen and oxygen atoms in total. The third-order valence-electron chi connectivity index (χ3n) is 14.1. The average Bonchev–Trinajstić information content (AvgIpc) is 3.91. The number of imide groups is 2. The maximum absolute atomic E-state index is 13.7. The summed E-state index contributed by atoms with van der Waals surface area (Å²) in [6.45, 7) is 10.8. The number of fused-ring (bicyclic) bond motifs is 2. The summed E-state index contributed by atoms with van der Waals surface area (Å²) in [6.07, 6.45) is 10.2. The lowest BCUT2D eigenvalue weighted by Crippen LogP contribution is -2.54. The van der Waals surface area contributed by atoms with Crippen molar-refractivity contribution < 1.29 is 23.9 Å². The maximum atomic E-state index is 13.7. The highest BCUT2D eigenvalue weighted by Crippen LogP contribution is 2.42. The summed E-state index contributed by atoms with van der Waals surface area (Å²) < 4.78 is 8.62. The van der Waals surface area contributed by atoms with Crippen LogP contribution in [-0.2, 0) is 16.6 Å². The van der Waals surface area contributed by atoms with Crippen LogP contribution >= 0.6 is 23.9 Å². The van der Waals surface area contributed by atoms with Gasteiger partial charge in [-0.15, -0.1) is 0 Å². The van der Waals surface area contributed by atoms with Gasteiger partial charge in [0.05, 0.1) is 40.3 Å². The molecule has 3 saturated heterocycles. The second kappa shape index (κ2) is 20.1. The van der Waals surface area contributed by atoms with Gasteiger partial charge in [-0.1, -0.05) is 44.3 Å². The van der Waals surface area contributed by atoms with Gasteiger partial charge in [0.2, 0.25) is 17.8 Å². The summed E-state index contributed by atoms with van der Waals surface area (Å²) in [6, 6.07) is 21.4. The first-order valence-electron chi connectivity index (χ1n) is 24.0. The Morgan fingerprint density at radius 1 is 0.829 bits per heavy atom. The van der Waals surface area contributed by atoms with E-state index in [1.54, 1.807) is 19.4 Å². The Labute approximate surface area is 417 Å². The smallest absolute Gasteiger partial charge is 0.264 e. The summed E-state index contributed by atoms with van der Waals surface area (Å²) in [5, 5.41) is 17.6. The van der Waals surface area contributed by atoms with Crippen molar-refractivity contribution in [3.05, 3.63) is 101 Å². The lowest BCUT2D eigenvalue weighted by Gasteiger charge is -2.38. The molecule has 362 valence electrons. The number of rotatable bonds is 14. The molecule has 18 heteroatoms. The van der Waals surface area contributed by atoms with Crippen molar-refractivity contribution in [2.45, 2.75) is 44.6 Å². The van der Waals surface area contributed by atoms with Crippen LogP contribution in [0.4, 0.5) is 34.5 Å². The van der Waals surface area contributed by atoms with Gasteiger partial charge in [0, 0.05) is 99.0 Å². The van der Waals surface area contributed by atoms with Crippen LogP contribution in [0.3, 0.4) is 0 Å². The van der Waals surface area contributed by atoms with Crippen LogP contribution < -0.4 is 35.8 Å². The third-order valence-corrected chi connectivity index (χ3v) is 16.1. The van der Waals surface area contributed by atoms with Crippen molar-refractivity contribution in [1.82, 2.24) is 34.9 Å². The summed E-state index contributed by atoms with van der Waals surface area (Å²) in [5.41, 5.74) is 6.32. The first-order chi connectivity index (χ1) is 33.9. The molecule has 70 heavy (non-hydrogen) atoms. The summed E-state index contributed by atoms with van der Waals surface area (Å²) >= 11 is 3.69. The molecular formula is C52H57BrN11O5P. The number of hydrogen-bond acceptors (Lipinski definition) is 13. The molecule has 6 heterocycles. The van der Waals surface area contributed by atoms with Crippen molar-refractivity contribution >= 4 is 98.1 Å². The van der Waals surface area contributed by atoms with E-state index in [1.165, 1.54) is 16.1 Å². The van der Waals surface area contributed by atoms with Crippen LogP contribution in [0.25, 0.3) is 21.9 Å². The zero-order chi connectivity index (χ0) is 48.6. The average molecular weight is 1030 g/mol. The van der Waals surface area contributed by atoms with Crippen molar-refractivity contribution in [2.24, 2.45) is 13.0 Å². The Balaban J connectivity index is 0.764. The van der Waals surface area contributed by atoms with Crippen molar-refractivity contribution in [3.63, 3.8) is 0 Å². The van der Waals surface area contributed by atoms with Crippen molar-refractivity contribution in [1.29, 1.82) is 0 Å². The van der Waals surface area contributed by atoms with E-state index in [4.69, 9.17) is 9.72 Å². The lowest BCUT2D eigenvalue weighted by atomic mass is 9.91. The molecule has 1 atom stereocenters. The summed E-state index contributed by atoms with van der Waals surface area (Å²) in [7, 11) is 3.19. The topological polar surface area (TPSA) is 170 Å². The van der Waals surface area contributed by atoms with Crippen LogP contribution in [0.2, 0.25) is 0 Å². The molecule has 6 aromatic rings. The molecule has 4 aliphatic heterocycles. The largest absolute Gasteiger partial charge is 0.494 e.